The number of piperazine rings is 1. The van der Waals surface area contributed by atoms with Crippen molar-refractivity contribution in [2.45, 2.75) is 6.92 Å². The average molecular weight is 299 g/mol. The zero-order valence-electron chi connectivity index (χ0n) is 12.8. The summed E-state index contributed by atoms with van der Waals surface area (Å²) < 4.78 is 0. The Bertz CT molecular complexity index is 581. The molecular formula is C15H21N7. The van der Waals surface area contributed by atoms with E-state index < -0.39 is 0 Å². The van der Waals surface area contributed by atoms with Crippen LogP contribution in [-0.2, 0) is 0 Å². The van der Waals surface area contributed by atoms with E-state index in [4.69, 9.17) is 0 Å². The number of hydrogen-bond donors (Lipinski definition) is 1. The van der Waals surface area contributed by atoms with Crippen LogP contribution in [0.25, 0.3) is 0 Å². The maximum absolute atomic E-state index is 4.31. The number of anilines is 2. The summed E-state index contributed by atoms with van der Waals surface area (Å²) in [6, 6.07) is 3.81. The van der Waals surface area contributed by atoms with Gasteiger partial charge in [0, 0.05) is 63.4 Å². The molecule has 116 valence electrons. The van der Waals surface area contributed by atoms with Gasteiger partial charge in [0.2, 0.25) is 5.95 Å². The van der Waals surface area contributed by atoms with E-state index in [0.29, 0.717) is 0 Å². The van der Waals surface area contributed by atoms with Crippen LogP contribution >= 0.6 is 0 Å². The maximum atomic E-state index is 4.31. The van der Waals surface area contributed by atoms with Crippen LogP contribution in [0.5, 0.6) is 0 Å². The Balaban J connectivity index is 1.41. The number of aryl methyl sites for hydroxylation is 1. The lowest BCUT2D eigenvalue weighted by Gasteiger charge is -2.34. The molecule has 1 aliphatic heterocycles. The van der Waals surface area contributed by atoms with Crippen molar-refractivity contribution in [3.63, 3.8) is 0 Å². The van der Waals surface area contributed by atoms with E-state index in [2.05, 4.69) is 35.1 Å². The van der Waals surface area contributed by atoms with Crippen LogP contribution in [-0.4, -0.2) is 64.1 Å². The first-order valence-electron chi connectivity index (χ1n) is 7.58. The van der Waals surface area contributed by atoms with Crippen LogP contribution in [0.15, 0.2) is 30.9 Å². The molecule has 1 fully saturated rings. The van der Waals surface area contributed by atoms with Gasteiger partial charge < -0.3 is 10.2 Å². The lowest BCUT2D eigenvalue weighted by molar-refractivity contribution is 0.266. The van der Waals surface area contributed by atoms with Gasteiger partial charge in [0.25, 0.3) is 0 Å². The molecule has 22 heavy (non-hydrogen) atoms. The van der Waals surface area contributed by atoms with Gasteiger partial charge in [-0.05, 0) is 13.0 Å². The lowest BCUT2D eigenvalue weighted by Crippen LogP contribution is -2.48. The Morgan fingerprint density at radius 1 is 1.05 bits per heavy atom. The summed E-state index contributed by atoms with van der Waals surface area (Å²) in [5, 5.41) is 3.34. The molecule has 0 radical (unpaired) electrons. The molecule has 1 N–H and O–H groups in total. The van der Waals surface area contributed by atoms with E-state index in [9.17, 15) is 0 Å². The molecule has 0 aliphatic carbocycles. The molecule has 1 saturated heterocycles. The largest absolute Gasteiger partial charge is 0.369 e. The van der Waals surface area contributed by atoms with E-state index in [1.54, 1.807) is 18.7 Å². The first kappa shape index (κ1) is 14.6. The normalized spacial score (nSPS) is 15.8. The molecular weight excluding hydrogens is 278 g/mol. The van der Waals surface area contributed by atoms with E-state index in [1.165, 1.54) is 0 Å². The third-order valence-corrected chi connectivity index (χ3v) is 3.75. The molecule has 3 heterocycles. The van der Waals surface area contributed by atoms with Crippen LogP contribution in [0.3, 0.4) is 0 Å². The van der Waals surface area contributed by atoms with Gasteiger partial charge in [0.05, 0.1) is 0 Å². The molecule has 2 aromatic rings. The predicted molar refractivity (Wildman–Crippen MR) is 85.9 cm³/mol. The zero-order chi connectivity index (χ0) is 15.2. The molecule has 0 spiro atoms. The number of hydrogen-bond acceptors (Lipinski definition) is 7. The molecule has 7 nitrogen and oxygen atoms in total. The fraction of sp³-hybridized carbons (Fsp3) is 0.467. The summed E-state index contributed by atoms with van der Waals surface area (Å²) in [5.74, 6) is 1.72. The molecule has 1 aliphatic rings. The number of rotatable bonds is 5. The molecule has 2 aromatic heterocycles. The number of nitrogens with one attached hydrogen (secondary N) is 1. The number of nitrogens with zero attached hydrogens (tertiary/aromatic N) is 6. The molecule has 0 amide bonds. The molecule has 0 atom stereocenters. The molecule has 3 rings (SSSR count). The minimum atomic E-state index is 0.830. The second-order valence-corrected chi connectivity index (χ2v) is 5.35. The first-order valence-corrected chi connectivity index (χ1v) is 7.58. The van der Waals surface area contributed by atoms with E-state index >= 15 is 0 Å². The van der Waals surface area contributed by atoms with Crippen LogP contribution in [0.1, 0.15) is 5.69 Å². The maximum Gasteiger partial charge on any atom is 0.225 e. The summed E-state index contributed by atoms with van der Waals surface area (Å²) in [6.45, 7) is 7.86. The Kier molecular flexibility index (Phi) is 4.75. The first-order chi connectivity index (χ1) is 10.8. The van der Waals surface area contributed by atoms with Gasteiger partial charge in [-0.2, -0.15) is 0 Å². The summed E-state index contributed by atoms with van der Waals surface area (Å²) in [5.41, 5.74) is 0.981. The summed E-state index contributed by atoms with van der Waals surface area (Å²) >= 11 is 0. The van der Waals surface area contributed by atoms with Gasteiger partial charge in [-0.25, -0.2) is 19.9 Å². The fourth-order valence-electron chi connectivity index (χ4n) is 2.52. The molecule has 7 heteroatoms. The molecule has 0 saturated carbocycles. The van der Waals surface area contributed by atoms with Crippen LogP contribution in [0, 0.1) is 6.92 Å². The van der Waals surface area contributed by atoms with Crippen molar-refractivity contribution in [2.75, 3.05) is 49.5 Å². The minimum absolute atomic E-state index is 0.830. The third kappa shape index (κ3) is 3.88. The second-order valence-electron chi connectivity index (χ2n) is 5.35. The smallest absolute Gasteiger partial charge is 0.225 e. The van der Waals surface area contributed by atoms with Crippen molar-refractivity contribution in [3.8, 4) is 0 Å². The lowest BCUT2D eigenvalue weighted by atomic mass is 10.3. The van der Waals surface area contributed by atoms with Crippen LogP contribution in [0.4, 0.5) is 11.8 Å². The quantitative estimate of drug-likeness (QED) is 0.876. The highest BCUT2D eigenvalue weighted by molar-refractivity contribution is 5.34. The Hall–Kier alpha value is -2.28. The predicted octanol–water partition coefficient (Wildman–Crippen LogP) is 0.809. The van der Waals surface area contributed by atoms with Crippen molar-refractivity contribution < 1.29 is 0 Å². The highest BCUT2D eigenvalue weighted by Gasteiger charge is 2.18. The highest BCUT2D eigenvalue weighted by atomic mass is 15.3. The van der Waals surface area contributed by atoms with Crippen molar-refractivity contribution >= 4 is 11.8 Å². The van der Waals surface area contributed by atoms with E-state index in [-0.39, 0.29) is 0 Å². The van der Waals surface area contributed by atoms with Crippen molar-refractivity contribution in [3.05, 3.63) is 36.5 Å². The van der Waals surface area contributed by atoms with Crippen molar-refractivity contribution in [2.24, 2.45) is 0 Å². The SMILES string of the molecule is Cc1cc(NCCN2CCN(c3ncccn3)CC2)ncn1. The minimum Gasteiger partial charge on any atom is -0.369 e. The summed E-state index contributed by atoms with van der Waals surface area (Å²) in [4.78, 5) is 21.6. The van der Waals surface area contributed by atoms with Crippen LogP contribution in [0.2, 0.25) is 0 Å². The standard InChI is InChI=1S/C15H21N7/c1-13-11-14(20-12-19-13)16-5-6-21-7-9-22(10-8-21)15-17-3-2-4-18-15/h2-4,11-12H,5-10H2,1H3,(H,16,19,20). The average Bonchev–Trinajstić information content (AvgIpc) is 2.56. The van der Waals surface area contributed by atoms with Gasteiger partial charge in [-0.1, -0.05) is 0 Å². The Morgan fingerprint density at radius 3 is 2.55 bits per heavy atom. The highest BCUT2D eigenvalue weighted by Crippen LogP contribution is 2.09. The van der Waals surface area contributed by atoms with Crippen LogP contribution < -0.4 is 10.2 Å². The van der Waals surface area contributed by atoms with E-state index in [1.807, 2.05) is 19.1 Å². The number of aromatic nitrogens is 4. The summed E-state index contributed by atoms with van der Waals surface area (Å²) in [6.07, 6.45) is 5.18. The zero-order valence-corrected chi connectivity index (χ0v) is 12.8. The van der Waals surface area contributed by atoms with Gasteiger partial charge in [-0.15, -0.1) is 0 Å². The van der Waals surface area contributed by atoms with Crippen molar-refractivity contribution in [1.82, 2.24) is 24.8 Å². The Labute approximate surface area is 130 Å². The van der Waals surface area contributed by atoms with Gasteiger partial charge in [0.15, 0.2) is 0 Å². The third-order valence-electron chi connectivity index (χ3n) is 3.75. The fourth-order valence-corrected chi connectivity index (χ4v) is 2.52. The van der Waals surface area contributed by atoms with E-state index in [0.717, 1.165) is 56.7 Å². The monoisotopic (exact) mass is 299 g/mol. The van der Waals surface area contributed by atoms with Gasteiger partial charge in [-0.3, -0.25) is 4.90 Å². The molecule has 0 unspecified atom stereocenters. The summed E-state index contributed by atoms with van der Waals surface area (Å²) in [7, 11) is 0. The van der Waals surface area contributed by atoms with Crippen molar-refractivity contribution in [1.29, 1.82) is 0 Å². The Morgan fingerprint density at radius 2 is 1.82 bits per heavy atom. The van der Waals surface area contributed by atoms with Gasteiger partial charge in [0.1, 0.15) is 12.1 Å². The molecule has 0 aromatic carbocycles. The molecule has 0 bridgehead atoms. The second kappa shape index (κ2) is 7.13. The van der Waals surface area contributed by atoms with Gasteiger partial charge >= 0.3 is 0 Å². The topological polar surface area (TPSA) is 70.1 Å².